The largest absolute Gasteiger partial charge is 0.378 e. The van der Waals surface area contributed by atoms with E-state index in [1.807, 2.05) is 17.0 Å². The van der Waals surface area contributed by atoms with Crippen molar-refractivity contribution < 1.29 is 14.3 Å². The first-order chi connectivity index (χ1) is 15.0. The van der Waals surface area contributed by atoms with Gasteiger partial charge in [-0.3, -0.25) is 9.59 Å². The Kier molecular flexibility index (Phi) is 6.13. The van der Waals surface area contributed by atoms with E-state index in [1.54, 1.807) is 20.0 Å². The summed E-state index contributed by atoms with van der Waals surface area (Å²) in [4.78, 5) is 28.7. The Bertz CT molecular complexity index is 971. The van der Waals surface area contributed by atoms with Crippen LogP contribution < -0.4 is 20.4 Å². The number of hydrogen-bond acceptors (Lipinski definition) is 5. The van der Waals surface area contributed by atoms with E-state index in [0.29, 0.717) is 5.56 Å². The van der Waals surface area contributed by atoms with Gasteiger partial charge in [-0.05, 0) is 55.3 Å². The summed E-state index contributed by atoms with van der Waals surface area (Å²) in [6.07, 6.45) is 0.756. The SMILES string of the molecule is CNC(=O)c1ccc2c(c1)C(Nc1cccc(N3CCOCC3)c1)CC(C)N2C(C)=O. The van der Waals surface area contributed by atoms with Crippen LogP contribution in [0.3, 0.4) is 0 Å². The quantitative estimate of drug-likeness (QED) is 0.792. The fourth-order valence-corrected chi connectivity index (χ4v) is 4.58. The molecule has 2 aromatic rings. The molecule has 7 nitrogen and oxygen atoms in total. The molecule has 2 aromatic carbocycles. The first-order valence-corrected chi connectivity index (χ1v) is 10.8. The van der Waals surface area contributed by atoms with Crippen molar-refractivity contribution in [3.63, 3.8) is 0 Å². The van der Waals surface area contributed by atoms with Gasteiger partial charge in [0.05, 0.1) is 19.3 Å². The summed E-state index contributed by atoms with van der Waals surface area (Å²) in [6.45, 7) is 6.91. The van der Waals surface area contributed by atoms with E-state index in [4.69, 9.17) is 4.74 Å². The molecule has 2 aliphatic heterocycles. The molecule has 0 saturated carbocycles. The number of carbonyl (C=O) groups excluding carboxylic acids is 2. The topological polar surface area (TPSA) is 73.9 Å². The van der Waals surface area contributed by atoms with Crippen LogP contribution in [-0.4, -0.2) is 51.2 Å². The first kappa shape index (κ1) is 21.2. The number of nitrogens with zero attached hydrogens (tertiary/aromatic N) is 2. The maximum atomic E-state index is 12.3. The van der Waals surface area contributed by atoms with E-state index < -0.39 is 0 Å². The van der Waals surface area contributed by atoms with Gasteiger partial charge in [-0.25, -0.2) is 0 Å². The summed E-state index contributed by atoms with van der Waals surface area (Å²) in [5.74, 6) is -0.127. The Labute approximate surface area is 183 Å². The van der Waals surface area contributed by atoms with Crippen molar-refractivity contribution in [3.05, 3.63) is 53.6 Å². The fraction of sp³-hybridized carbons (Fsp3) is 0.417. The van der Waals surface area contributed by atoms with Crippen molar-refractivity contribution in [1.29, 1.82) is 0 Å². The molecule has 1 fully saturated rings. The Morgan fingerprint density at radius 2 is 1.87 bits per heavy atom. The molecule has 0 spiro atoms. The number of nitrogens with one attached hydrogen (secondary N) is 2. The second-order valence-electron chi connectivity index (χ2n) is 8.17. The van der Waals surface area contributed by atoms with Crippen molar-refractivity contribution >= 4 is 28.9 Å². The predicted octanol–water partition coefficient (Wildman–Crippen LogP) is 3.18. The second-order valence-corrected chi connectivity index (χ2v) is 8.17. The fourth-order valence-electron chi connectivity index (χ4n) is 4.58. The third kappa shape index (κ3) is 4.37. The standard InChI is InChI=1S/C24H30N4O3/c1-16-13-22(26-19-5-4-6-20(15-19)27-9-11-31-12-10-27)21-14-18(24(30)25-3)7-8-23(21)28(16)17(2)29/h4-8,14-16,22,26H,9-13H2,1-3H3,(H,25,30). The lowest BCUT2D eigenvalue weighted by Gasteiger charge is -2.40. The summed E-state index contributed by atoms with van der Waals surface area (Å²) in [5, 5.41) is 6.35. The average Bonchev–Trinajstić information content (AvgIpc) is 2.79. The molecule has 0 aromatic heterocycles. The van der Waals surface area contributed by atoms with Gasteiger partial charge in [-0.1, -0.05) is 6.07 Å². The van der Waals surface area contributed by atoms with Crippen LogP contribution in [0.1, 0.15) is 42.2 Å². The highest BCUT2D eigenvalue weighted by atomic mass is 16.5. The summed E-state index contributed by atoms with van der Waals surface area (Å²) in [6, 6.07) is 14.0. The summed E-state index contributed by atoms with van der Waals surface area (Å²) in [7, 11) is 1.62. The minimum absolute atomic E-state index is 0.00853. The zero-order valence-electron chi connectivity index (χ0n) is 18.4. The van der Waals surface area contributed by atoms with Crippen LogP contribution in [0.5, 0.6) is 0 Å². The number of morpholine rings is 1. The third-order valence-corrected chi connectivity index (χ3v) is 6.07. The van der Waals surface area contributed by atoms with Gasteiger partial charge in [0.2, 0.25) is 5.91 Å². The van der Waals surface area contributed by atoms with E-state index in [-0.39, 0.29) is 23.9 Å². The zero-order valence-corrected chi connectivity index (χ0v) is 18.4. The zero-order chi connectivity index (χ0) is 22.0. The molecular weight excluding hydrogens is 392 g/mol. The highest BCUT2D eigenvalue weighted by molar-refractivity contribution is 5.97. The maximum absolute atomic E-state index is 12.3. The van der Waals surface area contributed by atoms with E-state index in [9.17, 15) is 9.59 Å². The van der Waals surface area contributed by atoms with Crippen LogP contribution in [0.15, 0.2) is 42.5 Å². The molecule has 2 atom stereocenters. The molecule has 2 unspecified atom stereocenters. The molecule has 0 aliphatic carbocycles. The van der Waals surface area contributed by atoms with Crippen molar-refractivity contribution in [2.75, 3.05) is 48.5 Å². The van der Waals surface area contributed by atoms with Gasteiger partial charge >= 0.3 is 0 Å². The lowest BCUT2D eigenvalue weighted by Crippen LogP contribution is -2.43. The summed E-state index contributed by atoms with van der Waals surface area (Å²) in [5.41, 5.74) is 4.61. The average molecular weight is 423 g/mol. The number of rotatable bonds is 4. The molecule has 2 amide bonds. The molecule has 31 heavy (non-hydrogen) atoms. The molecular formula is C24H30N4O3. The third-order valence-electron chi connectivity index (χ3n) is 6.07. The Morgan fingerprint density at radius 1 is 1.10 bits per heavy atom. The number of fused-ring (bicyclic) bond motifs is 1. The van der Waals surface area contributed by atoms with Crippen LogP contribution in [0.4, 0.5) is 17.1 Å². The van der Waals surface area contributed by atoms with Crippen LogP contribution in [-0.2, 0) is 9.53 Å². The van der Waals surface area contributed by atoms with Gasteiger partial charge in [0.15, 0.2) is 0 Å². The van der Waals surface area contributed by atoms with Gasteiger partial charge in [0, 0.05) is 55.7 Å². The smallest absolute Gasteiger partial charge is 0.251 e. The molecule has 2 aliphatic rings. The maximum Gasteiger partial charge on any atom is 0.251 e. The lowest BCUT2D eigenvalue weighted by atomic mass is 9.90. The van der Waals surface area contributed by atoms with E-state index in [1.165, 1.54) is 5.69 Å². The normalized spacial score (nSPS) is 20.7. The van der Waals surface area contributed by atoms with Gasteiger partial charge < -0.3 is 25.2 Å². The van der Waals surface area contributed by atoms with Gasteiger partial charge in [0.1, 0.15) is 0 Å². The van der Waals surface area contributed by atoms with Gasteiger partial charge in [-0.15, -0.1) is 0 Å². The molecule has 7 heteroatoms. The Morgan fingerprint density at radius 3 is 2.58 bits per heavy atom. The van der Waals surface area contributed by atoms with Crippen LogP contribution >= 0.6 is 0 Å². The lowest BCUT2D eigenvalue weighted by molar-refractivity contribution is -0.117. The highest BCUT2D eigenvalue weighted by Gasteiger charge is 2.33. The molecule has 0 bridgehead atoms. The molecule has 164 valence electrons. The van der Waals surface area contributed by atoms with Crippen LogP contribution in [0.2, 0.25) is 0 Å². The monoisotopic (exact) mass is 422 g/mol. The van der Waals surface area contributed by atoms with Crippen molar-refractivity contribution in [1.82, 2.24) is 5.32 Å². The minimum Gasteiger partial charge on any atom is -0.378 e. The number of amides is 2. The van der Waals surface area contributed by atoms with Crippen LogP contribution in [0.25, 0.3) is 0 Å². The number of carbonyl (C=O) groups is 2. The molecule has 0 radical (unpaired) electrons. The second kappa shape index (κ2) is 8.98. The predicted molar refractivity (Wildman–Crippen MR) is 123 cm³/mol. The molecule has 1 saturated heterocycles. The van der Waals surface area contributed by atoms with Crippen molar-refractivity contribution in [2.24, 2.45) is 0 Å². The number of ether oxygens (including phenoxy) is 1. The number of benzene rings is 2. The Balaban J connectivity index is 1.66. The van der Waals surface area contributed by atoms with Gasteiger partial charge in [-0.2, -0.15) is 0 Å². The molecule has 4 rings (SSSR count). The van der Waals surface area contributed by atoms with Crippen LogP contribution in [0, 0.1) is 0 Å². The molecule has 2 heterocycles. The number of anilines is 3. The summed E-state index contributed by atoms with van der Waals surface area (Å²) < 4.78 is 5.47. The van der Waals surface area contributed by atoms with Crippen molar-refractivity contribution in [3.8, 4) is 0 Å². The van der Waals surface area contributed by atoms with E-state index >= 15 is 0 Å². The first-order valence-electron chi connectivity index (χ1n) is 10.8. The van der Waals surface area contributed by atoms with Crippen molar-refractivity contribution in [2.45, 2.75) is 32.4 Å². The van der Waals surface area contributed by atoms with E-state index in [2.05, 4.69) is 46.7 Å². The Hall–Kier alpha value is -3.06. The van der Waals surface area contributed by atoms with Gasteiger partial charge in [0.25, 0.3) is 5.91 Å². The minimum atomic E-state index is -0.135. The number of hydrogen-bond donors (Lipinski definition) is 2. The molecule has 2 N–H and O–H groups in total. The highest BCUT2D eigenvalue weighted by Crippen LogP contribution is 2.40. The summed E-state index contributed by atoms with van der Waals surface area (Å²) >= 11 is 0. The van der Waals surface area contributed by atoms with E-state index in [0.717, 1.165) is 49.7 Å².